The Bertz CT molecular complexity index is 543. The van der Waals surface area contributed by atoms with Crippen molar-refractivity contribution in [2.45, 2.75) is 39.7 Å². The minimum absolute atomic E-state index is 0.238. The first-order valence-electron chi connectivity index (χ1n) is 6.39. The number of nitrogens with two attached hydrogens (primary N) is 1. The van der Waals surface area contributed by atoms with Gasteiger partial charge in [0.2, 0.25) is 5.91 Å². The molecule has 0 aromatic heterocycles. The van der Waals surface area contributed by atoms with Crippen molar-refractivity contribution in [3.8, 4) is 0 Å². The molecule has 0 saturated carbocycles. The van der Waals surface area contributed by atoms with Gasteiger partial charge in [-0.15, -0.1) is 0 Å². The summed E-state index contributed by atoms with van der Waals surface area (Å²) < 4.78 is 0. The van der Waals surface area contributed by atoms with Crippen LogP contribution in [-0.4, -0.2) is 11.8 Å². The van der Waals surface area contributed by atoms with Gasteiger partial charge < -0.3 is 5.73 Å². The largest absolute Gasteiger partial charge is 0.313 e. The number of aryl methyl sites for hydroxylation is 2. The Morgan fingerprint density at radius 1 is 1.11 bits per heavy atom. The van der Waals surface area contributed by atoms with Crippen molar-refractivity contribution >= 4 is 11.8 Å². The number of benzene rings is 1. The van der Waals surface area contributed by atoms with Crippen molar-refractivity contribution < 1.29 is 9.59 Å². The highest BCUT2D eigenvalue weighted by molar-refractivity contribution is 6.04. The fraction of sp³-hybridized carbons (Fsp3) is 0.467. The highest BCUT2D eigenvalue weighted by Gasteiger charge is 2.53. The fourth-order valence-electron chi connectivity index (χ4n) is 2.84. The molecule has 102 valence electrons. The summed E-state index contributed by atoms with van der Waals surface area (Å²) in [6.45, 7) is 7.67. The minimum atomic E-state index is -1.18. The van der Waals surface area contributed by atoms with Crippen molar-refractivity contribution in [3.05, 3.63) is 34.9 Å². The van der Waals surface area contributed by atoms with Crippen molar-refractivity contribution in [1.29, 1.82) is 0 Å². The van der Waals surface area contributed by atoms with Gasteiger partial charge in [0.05, 0.1) is 0 Å². The van der Waals surface area contributed by atoms with E-state index in [0.717, 1.165) is 16.7 Å². The molecule has 1 aliphatic rings. The summed E-state index contributed by atoms with van der Waals surface area (Å²) in [6, 6.07) is 5.87. The maximum atomic E-state index is 12.3. The lowest BCUT2D eigenvalue weighted by molar-refractivity contribution is -0.144. The molecule has 19 heavy (non-hydrogen) atoms. The van der Waals surface area contributed by atoms with E-state index in [4.69, 9.17) is 5.73 Å². The Balaban J connectivity index is 2.61. The number of piperidine rings is 1. The second-order valence-corrected chi connectivity index (χ2v) is 6.12. The second kappa shape index (κ2) is 4.17. The van der Waals surface area contributed by atoms with E-state index < -0.39 is 16.9 Å². The minimum Gasteiger partial charge on any atom is -0.313 e. The lowest BCUT2D eigenvalue weighted by Crippen LogP contribution is -2.65. The SMILES string of the molecule is Cc1cc(C)cc(C2(N)C(=O)NC(=O)CC2(C)C)c1. The van der Waals surface area contributed by atoms with Gasteiger partial charge in [-0.1, -0.05) is 43.2 Å². The molecule has 1 saturated heterocycles. The van der Waals surface area contributed by atoms with E-state index in [0.29, 0.717) is 0 Å². The zero-order valence-electron chi connectivity index (χ0n) is 11.8. The zero-order chi connectivity index (χ0) is 14.4. The van der Waals surface area contributed by atoms with Crippen LogP contribution in [0.3, 0.4) is 0 Å². The van der Waals surface area contributed by atoms with Crippen molar-refractivity contribution in [3.63, 3.8) is 0 Å². The molecule has 0 radical (unpaired) electrons. The van der Waals surface area contributed by atoms with Gasteiger partial charge >= 0.3 is 0 Å². The number of imide groups is 1. The Morgan fingerprint density at radius 3 is 2.11 bits per heavy atom. The Labute approximate surface area is 113 Å². The number of amides is 2. The predicted octanol–water partition coefficient (Wildman–Crippen LogP) is 1.53. The van der Waals surface area contributed by atoms with Crippen LogP contribution in [0.4, 0.5) is 0 Å². The number of hydrogen-bond donors (Lipinski definition) is 2. The van der Waals surface area contributed by atoms with Crippen molar-refractivity contribution in [2.24, 2.45) is 11.1 Å². The van der Waals surface area contributed by atoms with Crippen LogP contribution < -0.4 is 11.1 Å². The standard InChI is InChI=1S/C15H20N2O2/c1-9-5-10(2)7-11(6-9)15(16)13(19)17-12(18)8-14(15,3)4/h5-7H,8,16H2,1-4H3,(H,17,18,19). The fourth-order valence-corrected chi connectivity index (χ4v) is 2.84. The Morgan fingerprint density at radius 2 is 1.63 bits per heavy atom. The van der Waals surface area contributed by atoms with E-state index in [9.17, 15) is 9.59 Å². The van der Waals surface area contributed by atoms with E-state index in [-0.39, 0.29) is 12.3 Å². The zero-order valence-corrected chi connectivity index (χ0v) is 11.8. The first-order valence-corrected chi connectivity index (χ1v) is 6.39. The van der Waals surface area contributed by atoms with E-state index in [1.165, 1.54) is 0 Å². The summed E-state index contributed by atoms with van der Waals surface area (Å²) in [5.41, 5.74) is 7.51. The van der Waals surface area contributed by atoms with E-state index in [1.807, 2.05) is 45.9 Å². The summed E-state index contributed by atoms with van der Waals surface area (Å²) >= 11 is 0. The average Bonchev–Trinajstić information content (AvgIpc) is 2.23. The van der Waals surface area contributed by atoms with E-state index in [2.05, 4.69) is 5.32 Å². The highest BCUT2D eigenvalue weighted by Crippen LogP contribution is 2.43. The molecule has 1 aliphatic heterocycles. The second-order valence-electron chi connectivity index (χ2n) is 6.12. The summed E-state index contributed by atoms with van der Waals surface area (Å²) in [6.07, 6.45) is 0.238. The third-order valence-electron chi connectivity index (χ3n) is 3.96. The molecule has 1 atom stereocenters. The van der Waals surface area contributed by atoms with E-state index >= 15 is 0 Å². The summed E-state index contributed by atoms with van der Waals surface area (Å²) in [4.78, 5) is 23.9. The van der Waals surface area contributed by atoms with Crippen LogP contribution >= 0.6 is 0 Å². The smallest absolute Gasteiger partial charge is 0.251 e. The lowest BCUT2D eigenvalue weighted by atomic mass is 9.64. The van der Waals surface area contributed by atoms with Crippen LogP contribution in [0, 0.1) is 19.3 Å². The molecule has 1 unspecified atom stereocenters. The predicted molar refractivity (Wildman–Crippen MR) is 73.3 cm³/mol. The maximum Gasteiger partial charge on any atom is 0.251 e. The molecule has 1 aromatic rings. The first kappa shape index (κ1) is 13.7. The number of carbonyl (C=O) groups is 2. The molecule has 2 rings (SSSR count). The molecule has 1 aromatic carbocycles. The molecule has 1 heterocycles. The van der Waals surface area contributed by atoms with Crippen LogP contribution in [-0.2, 0) is 15.1 Å². The Kier molecular flexibility index (Phi) is 3.01. The molecule has 1 fully saturated rings. The van der Waals surface area contributed by atoms with Gasteiger partial charge in [-0.05, 0) is 19.4 Å². The lowest BCUT2D eigenvalue weighted by Gasteiger charge is -2.45. The summed E-state index contributed by atoms with van der Waals surface area (Å²) in [7, 11) is 0. The molecule has 0 spiro atoms. The van der Waals surface area contributed by atoms with Crippen molar-refractivity contribution in [2.75, 3.05) is 0 Å². The van der Waals surface area contributed by atoms with Crippen LogP contribution in [0.5, 0.6) is 0 Å². The number of rotatable bonds is 1. The molecule has 3 N–H and O–H groups in total. The quantitative estimate of drug-likeness (QED) is 0.752. The molecule has 2 amide bonds. The summed E-state index contributed by atoms with van der Waals surface area (Å²) in [5.74, 6) is -0.681. The van der Waals surface area contributed by atoms with Gasteiger partial charge in [-0.2, -0.15) is 0 Å². The number of nitrogens with one attached hydrogen (secondary N) is 1. The average molecular weight is 260 g/mol. The van der Waals surface area contributed by atoms with Gasteiger partial charge in [0.15, 0.2) is 0 Å². The molecule has 4 nitrogen and oxygen atoms in total. The maximum absolute atomic E-state index is 12.3. The third kappa shape index (κ3) is 2.06. The van der Waals surface area contributed by atoms with Gasteiger partial charge in [-0.25, -0.2) is 0 Å². The Hall–Kier alpha value is -1.68. The van der Waals surface area contributed by atoms with Gasteiger partial charge in [0, 0.05) is 11.8 Å². The molecular formula is C15H20N2O2. The van der Waals surface area contributed by atoms with E-state index in [1.54, 1.807) is 0 Å². The molecule has 0 aliphatic carbocycles. The normalized spacial score (nSPS) is 26.2. The third-order valence-corrected chi connectivity index (χ3v) is 3.96. The van der Waals surface area contributed by atoms with Crippen LogP contribution in [0.25, 0.3) is 0 Å². The summed E-state index contributed by atoms with van der Waals surface area (Å²) in [5, 5.41) is 2.36. The first-order chi connectivity index (χ1) is 8.66. The monoisotopic (exact) mass is 260 g/mol. The van der Waals surface area contributed by atoms with Crippen LogP contribution in [0.1, 0.15) is 37.0 Å². The molecular weight excluding hydrogens is 240 g/mol. The number of carbonyl (C=O) groups excluding carboxylic acids is 2. The van der Waals surface area contributed by atoms with Crippen LogP contribution in [0.15, 0.2) is 18.2 Å². The van der Waals surface area contributed by atoms with Gasteiger partial charge in [-0.3, -0.25) is 14.9 Å². The highest BCUT2D eigenvalue weighted by atomic mass is 16.2. The van der Waals surface area contributed by atoms with Gasteiger partial charge in [0.1, 0.15) is 5.54 Å². The van der Waals surface area contributed by atoms with Crippen LogP contribution in [0.2, 0.25) is 0 Å². The number of hydrogen-bond acceptors (Lipinski definition) is 3. The topological polar surface area (TPSA) is 72.2 Å². The molecule has 4 heteroatoms. The molecule has 0 bridgehead atoms. The van der Waals surface area contributed by atoms with Crippen molar-refractivity contribution in [1.82, 2.24) is 5.32 Å². The van der Waals surface area contributed by atoms with Gasteiger partial charge in [0.25, 0.3) is 5.91 Å².